The van der Waals surface area contributed by atoms with Crippen molar-refractivity contribution >= 4 is 0 Å². The van der Waals surface area contributed by atoms with Crippen LogP contribution < -0.4 is 5.32 Å². The highest BCUT2D eigenvalue weighted by atomic mass is 14.9. The Hall–Kier alpha value is -0.820. The van der Waals surface area contributed by atoms with E-state index in [1.54, 1.807) is 0 Å². The molecule has 0 aliphatic carbocycles. The molecule has 0 aliphatic heterocycles. The second kappa shape index (κ2) is 4.80. The van der Waals surface area contributed by atoms with Gasteiger partial charge >= 0.3 is 0 Å². The Morgan fingerprint density at radius 1 is 1.07 bits per heavy atom. The molecule has 1 aromatic carbocycles. The Bertz CT molecular complexity index is 290. The third-order valence-corrected chi connectivity index (χ3v) is 2.47. The van der Waals surface area contributed by atoms with E-state index in [0.717, 1.165) is 6.54 Å². The minimum atomic E-state index is 0.191. The number of hydrogen-bond acceptors (Lipinski definition) is 1. The highest BCUT2D eigenvalue weighted by Crippen LogP contribution is 2.15. The van der Waals surface area contributed by atoms with E-state index in [-0.39, 0.29) is 5.54 Å². The summed E-state index contributed by atoms with van der Waals surface area (Å²) in [6.45, 7) is 12.0. The van der Waals surface area contributed by atoms with Gasteiger partial charge in [0.15, 0.2) is 0 Å². The third-order valence-electron chi connectivity index (χ3n) is 2.47. The van der Waals surface area contributed by atoms with Crippen LogP contribution in [0.2, 0.25) is 0 Å². The van der Waals surface area contributed by atoms with Crippen LogP contribution in [0.3, 0.4) is 0 Å². The van der Waals surface area contributed by atoms with Crippen molar-refractivity contribution in [2.45, 2.75) is 52.6 Å². The molecule has 1 heteroatoms. The molecule has 1 aromatic rings. The predicted octanol–water partition coefficient (Wildman–Crippen LogP) is 3.70. The first-order valence-corrected chi connectivity index (χ1v) is 5.72. The van der Waals surface area contributed by atoms with Crippen molar-refractivity contribution in [3.8, 4) is 0 Å². The number of hydrogen-bond donors (Lipinski definition) is 1. The Morgan fingerprint density at radius 2 is 1.60 bits per heavy atom. The molecule has 0 saturated heterocycles. The molecule has 1 N–H and O–H groups in total. The average molecular weight is 205 g/mol. The quantitative estimate of drug-likeness (QED) is 0.793. The topological polar surface area (TPSA) is 12.0 Å². The van der Waals surface area contributed by atoms with E-state index < -0.39 is 0 Å². The molecule has 0 aromatic heterocycles. The first-order chi connectivity index (χ1) is 6.88. The van der Waals surface area contributed by atoms with Crippen LogP contribution in [-0.4, -0.2) is 5.54 Å². The van der Waals surface area contributed by atoms with Gasteiger partial charge in [0.1, 0.15) is 0 Å². The SMILES string of the molecule is CC(C)c1ccc(CNC(C)(C)C)cc1. The number of nitrogens with one attached hydrogen (secondary N) is 1. The standard InChI is InChI=1S/C14H23N/c1-11(2)13-8-6-12(7-9-13)10-15-14(3,4)5/h6-9,11,15H,10H2,1-5H3. The second-order valence-corrected chi connectivity index (χ2v) is 5.50. The van der Waals surface area contributed by atoms with E-state index in [4.69, 9.17) is 0 Å². The zero-order valence-corrected chi connectivity index (χ0v) is 10.6. The van der Waals surface area contributed by atoms with Crippen LogP contribution in [0, 0.1) is 0 Å². The van der Waals surface area contributed by atoms with Gasteiger partial charge in [0.2, 0.25) is 0 Å². The Labute approximate surface area is 93.9 Å². The fourth-order valence-electron chi connectivity index (χ4n) is 1.39. The average Bonchev–Trinajstić information content (AvgIpc) is 2.14. The van der Waals surface area contributed by atoms with Gasteiger partial charge in [0, 0.05) is 12.1 Å². The van der Waals surface area contributed by atoms with Gasteiger partial charge in [-0.3, -0.25) is 0 Å². The fourth-order valence-corrected chi connectivity index (χ4v) is 1.39. The highest BCUT2D eigenvalue weighted by Gasteiger charge is 2.08. The maximum absolute atomic E-state index is 3.49. The van der Waals surface area contributed by atoms with E-state index in [2.05, 4.69) is 64.2 Å². The van der Waals surface area contributed by atoms with Gasteiger partial charge < -0.3 is 5.32 Å². The molecule has 0 atom stereocenters. The molecule has 0 fully saturated rings. The molecule has 0 saturated carbocycles. The van der Waals surface area contributed by atoms with E-state index in [1.807, 2.05) is 0 Å². The van der Waals surface area contributed by atoms with Gasteiger partial charge in [-0.2, -0.15) is 0 Å². The molecule has 0 heterocycles. The van der Waals surface area contributed by atoms with Crippen LogP contribution >= 0.6 is 0 Å². The van der Waals surface area contributed by atoms with E-state index >= 15 is 0 Å². The third kappa shape index (κ3) is 4.48. The highest BCUT2D eigenvalue weighted by molar-refractivity contribution is 5.24. The largest absolute Gasteiger partial charge is 0.308 e. The lowest BCUT2D eigenvalue weighted by Crippen LogP contribution is -2.35. The molecule has 1 rings (SSSR count). The van der Waals surface area contributed by atoms with Crippen LogP contribution in [0.25, 0.3) is 0 Å². The first-order valence-electron chi connectivity index (χ1n) is 5.72. The van der Waals surface area contributed by atoms with Crippen molar-refractivity contribution in [2.75, 3.05) is 0 Å². The smallest absolute Gasteiger partial charge is 0.0210 e. The Kier molecular flexibility index (Phi) is 3.92. The zero-order valence-electron chi connectivity index (χ0n) is 10.6. The molecule has 1 nitrogen and oxygen atoms in total. The van der Waals surface area contributed by atoms with Gasteiger partial charge in [-0.15, -0.1) is 0 Å². The molecule has 0 spiro atoms. The molecule has 0 radical (unpaired) electrons. The fraction of sp³-hybridized carbons (Fsp3) is 0.571. The molecule has 0 bridgehead atoms. The summed E-state index contributed by atoms with van der Waals surface area (Å²) in [7, 11) is 0. The van der Waals surface area contributed by atoms with E-state index in [9.17, 15) is 0 Å². The van der Waals surface area contributed by atoms with Gasteiger partial charge in [-0.25, -0.2) is 0 Å². The van der Waals surface area contributed by atoms with Crippen molar-refractivity contribution in [3.05, 3.63) is 35.4 Å². The van der Waals surface area contributed by atoms with E-state index in [1.165, 1.54) is 11.1 Å². The van der Waals surface area contributed by atoms with Crippen LogP contribution in [0.5, 0.6) is 0 Å². The molecular formula is C14H23N. The lowest BCUT2D eigenvalue weighted by Gasteiger charge is -2.20. The Morgan fingerprint density at radius 3 is 2.00 bits per heavy atom. The van der Waals surface area contributed by atoms with Crippen molar-refractivity contribution in [1.82, 2.24) is 5.32 Å². The normalized spacial score (nSPS) is 12.1. The summed E-state index contributed by atoms with van der Waals surface area (Å²) in [4.78, 5) is 0. The van der Waals surface area contributed by atoms with Crippen LogP contribution in [-0.2, 0) is 6.54 Å². The minimum absolute atomic E-state index is 0.191. The summed E-state index contributed by atoms with van der Waals surface area (Å²) < 4.78 is 0. The number of rotatable bonds is 3. The van der Waals surface area contributed by atoms with Gasteiger partial charge in [-0.1, -0.05) is 38.1 Å². The predicted molar refractivity (Wildman–Crippen MR) is 67.1 cm³/mol. The lowest BCUT2D eigenvalue weighted by molar-refractivity contribution is 0.424. The minimum Gasteiger partial charge on any atom is -0.308 e. The summed E-state index contributed by atoms with van der Waals surface area (Å²) in [6, 6.07) is 8.89. The summed E-state index contributed by atoms with van der Waals surface area (Å²) in [6.07, 6.45) is 0. The molecule has 0 unspecified atom stereocenters. The van der Waals surface area contributed by atoms with Gasteiger partial charge in [0.05, 0.1) is 0 Å². The maximum Gasteiger partial charge on any atom is 0.0210 e. The van der Waals surface area contributed by atoms with Crippen molar-refractivity contribution in [1.29, 1.82) is 0 Å². The first kappa shape index (κ1) is 12.3. The Balaban J connectivity index is 2.57. The molecule has 0 amide bonds. The zero-order chi connectivity index (χ0) is 11.5. The maximum atomic E-state index is 3.49. The van der Waals surface area contributed by atoms with Crippen LogP contribution in [0.4, 0.5) is 0 Å². The molecule has 0 aliphatic rings. The van der Waals surface area contributed by atoms with Crippen molar-refractivity contribution in [3.63, 3.8) is 0 Å². The summed E-state index contributed by atoms with van der Waals surface area (Å²) in [5, 5.41) is 3.49. The van der Waals surface area contributed by atoms with Gasteiger partial charge in [-0.05, 0) is 37.8 Å². The van der Waals surface area contributed by atoms with Crippen molar-refractivity contribution in [2.24, 2.45) is 0 Å². The summed E-state index contributed by atoms with van der Waals surface area (Å²) >= 11 is 0. The van der Waals surface area contributed by atoms with Crippen LogP contribution in [0.15, 0.2) is 24.3 Å². The summed E-state index contributed by atoms with van der Waals surface area (Å²) in [5.41, 5.74) is 2.96. The molecule has 84 valence electrons. The monoisotopic (exact) mass is 205 g/mol. The van der Waals surface area contributed by atoms with Gasteiger partial charge in [0.25, 0.3) is 0 Å². The molecular weight excluding hydrogens is 182 g/mol. The molecule has 15 heavy (non-hydrogen) atoms. The van der Waals surface area contributed by atoms with Crippen molar-refractivity contribution < 1.29 is 0 Å². The second-order valence-electron chi connectivity index (χ2n) is 5.50. The number of benzene rings is 1. The lowest BCUT2D eigenvalue weighted by atomic mass is 10.0. The van der Waals surface area contributed by atoms with E-state index in [0.29, 0.717) is 5.92 Å². The van der Waals surface area contributed by atoms with Crippen LogP contribution in [0.1, 0.15) is 51.7 Å². The summed E-state index contributed by atoms with van der Waals surface area (Å²) in [5.74, 6) is 0.620.